The van der Waals surface area contributed by atoms with Gasteiger partial charge >= 0.3 is 5.97 Å². The van der Waals surface area contributed by atoms with Gasteiger partial charge in [0.1, 0.15) is 11.6 Å². The van der Waals surface area contributed by atoms with Gasteiger partial charge in [0.05, 0.1) is 39.2 Å². The topological polar surface area (TPSA) is 103 Å². The third-order valence-electron chi connectivity index (χ3n) is 9.34. The number of carbonyl (C=O) groups excluding carboxylic acids is 1. The summed E-state index contributed by atoms with van der Waals surface area (Å²) in [5.41, 5.74) is 1.84. The fourth-order valence-electron chi connectivity index (χ4n) is 7.91. The van der Waals surface area contributed by atoms with E-state index in [0.29, 0.717) is 44.4 Å². The maximum absolute atomic E-state index is 14.3. The quantitative estimate of drug-likeness (QED) is 0.369. The second kappa shape index (κ2) is 9.11. The number of sulfone groups is 1. The number of fused-ring (bicyclic) bond motifs is 1. The second-order valence-corrected chi connectivity index (χ2v) is 14.9. The summed E-state index contributed by atoms with van der Waals surface area (Å²) in [6.45, 7) is 4.03. The first-order valence-corrected chi connectivity index (χ1v) is 15.9. The molecule has 7 rings (SSSR count). The van der Waals surface area contributed by atoms with E-state index in [1.54, 1.807) is 30.8 Å². The molecule has 0 spiro atoms. The minimum Gasteiger partial charge on any atom is -0.506 e. The minimum atomic E-state index is -3.58. The van der Waals surface area contributed by atoms with Crippen LogP contribution in [-0.4, -0.2) is 45.0 Å². The molecule has 204 valence electrons. The van der Waals surface area contributed by atoms with E-state index < -0.39 is 20.6 Å². The lowest BCUT2D eigenvalue weighted by atomic mass is 9.56. The Morgan fingerprint density at radius 3 is 2.39 bits per heavy atom. The van der Waals surface area contributed by atoms with Crippen LogP contribution in [0.2, 0.25) is 0 Å². The van der Waals surface area contributed by atoms with E-state index in [4.69, 9.17) is 4.74 Å². The standard InChI is InChI=1S/C28H34BrN3O5S/c1-4-37-27(34)25-23(15-38(35,36)28-11-17-7-18(12-28)9-19(8-17)13-28)31(3)22-10-21(29)26(33)20(24(22)25)14-32-6-5-30-16(32)2/h5-6,10,17-19,33H,4,7-9,11-15H2,1-3H3. The highest BCUT2D eigenvalue weighted by Crippen LogP contribution is 2.59. The van der Waals surface area contributed by atoms with Crippen LogP contribution < -0.4 is 0 Å². The van der Waals surface area contributed by atoms with E-state index in [-0.39, 0.29) is 30.2 Å². The Kier molecular flexibility index (Phi) is 6.22. The lowest BCUT2D eigenvalue weighted by Gasteiger charge is -2.56. The number of imidazole rings is 1. The van der Waals surface area contributed by atoms with E-state index in [9.17, 15) is 18.3 Å². The SMILES string of the molecule is CCOC(=O)c1c(CS(=O)(=O)C23CC4CC(CC(C4)C2)C3)n(C)c2cc(Br)c(O)c(Cn3ccnc3C)c12. The second-order valence-electron chi connectivity index (χ2n) is 11.6. The summed E-state index contributed by atoms with van der Waals surface area (Å²) in [6, 6.07) is 1.75. The average molecular weight is 605 g/mol. The van der Waals surface area contributed by atoms with Gasteiger partial charge in [0.15, 0.2) is 9.84 Å². The highest BCUT2D eigenvalue weighted by atomic mass is 79.9. The third-order valence-corrected chi connectivity index (χ3v) is 12.4. The predicted octanol–water partition coefficient (Wildman–Crippen LogP) is 5.26. The van der Waals surface area contributed by atoms with Crippen LogP contribution in [0.5, 0.6) is 5.75 Å². The predicted molar refractivity (Wildman–Crippen MR) is 148 cm³/mol. The van der Waals surface area contributed by atoms with Gasteiger partial charge < -0.3 is 19.0 Å². The Balaban J connectivity index is 1.53. The molecule has 0 radical (unpaired) electrons. The summed E-state index contributed by atoms with van der Waals surface area (Å²) in [6.07, 6.45) is 9.16. The molecule has 10 heteroatoms. The van der Waals surface area contributed by atoms with E-state index in [1.807, 2.05) is 17.7 Å². The van der Waals surface area contributed by atoms with E-state index in [1.165, 1.54) is 0 Å². The monoisotopic (exact) mass is 603 g/mol. The molecule has 0 unspecified atom stereocenters. The van der Waals surface area contributed by atoms with Crippen LogP contribution in [0.1, 0.15) is 72.9 Å². The van der Waals surface area contributed by atoms with Crippen LogP contribution >= 0.6 is 15.9 Å². The van der Waals surface area contributed by atoms with Crippen molar-refractivity contribution >= 4 is 42.6 Å². The molecule has 38 heavy (non-hydrogen) atoms. The lowest BCUT2D eigenvalue weighted by Crippen LogP contribution is -2.55. The van der Waals surface area contributed by atoms with Crippen LogP contribution in [0.3, 0.4) is 0 Å². The molecule has 4 aliphatic carbocycles. The van der Waals surface area contributed by atoms with Crippen molar-refractivity contribution in [3.8, 4) is 5.75 Å². The first kappa shape index (κ1) is 25.9. The smallest absolute Gasteiger partial charge is 0.340 e. The molecule has 2 heterocycles. The van der Waals surface area contributed by atoms with Gasteiger partial charge in [0.2, 0.25) is 0 Å². The molecule has 4 fully saturated rings. The number of esters is 1. The molecule has 0 atom stereocenters. The zero-order valence-electron chi connectivity index (χ0n) is 22.0. The number of hydrogen-bond acceptors (Lipinski definition) is 6. The maximum atomic E-state index is 14.3. The maximum Gasteiger partial charge on any atom is 0.340 e. The number of phenols is 1. The first-order valence-electron chi connectivity index (χ1n) is 13.4. The number of rotatable bonds is 7. The van der Waals surface area contributed by atoms with Crippen LogP contribution in [0.25, 0.3) is 10.9 Å². The summed E-state index contributed by atoms with van der Waals surface area (Å²) in [5.74, 6) is 1.45. The third kappa shape index (κ3) is 3.93. The summed E-state index contributed by atoms with van der Waals surface area (Å²) >= 11 is 3.47. The number of aryl methyl sites for hydroxylation is 2. The number of benzene rings is 1. The number of aromatic hydroxyl groups is 1. The number of nitrogens with zero attached hydrogens (tertiary/aromatic N) is 3. The molecular weight excluding hydrogens is 570 g/mol. The van der Waals surface area contributed by atoms with Crippen molar-refractivity contribution in [3.05, 3.63) is 45.6 Å². The Bertz CT molecular complexity index is 1520. The summed E-state index contributed by atoms with van der Waals surface area (Å²) < 4.78 is 37.5. The number of phenolic OH excluding ortho intramolecular Hbond substituents is 1. The van der Waals surface area contributed by atoms with Gasteiger partial charge in [-0.15, -0.1) is 0 Å². The summed E-state index contributed by atoms with van der Waals surface area (Å²) in [5, 5.41) is 11.7. The van der Waals surface area contributed by atoms with Crippen LogP contribution in [-0.2, 0) is 33.9 Å². The average Bonchev–Trinajstić information content (AvgIpc) is 3.36. The van der Waals surface area contributed by atoms with Crippen molar-refractivity contribution in [2.45, 2.75) is 69.4 Å². The van der Waals surface area contributed by atoms with Crippen LogP contribution in [0.15, 0.2) is 22.9 Å². The molecule has 0 amide bonds. The van der Waals surface area contributed by atoms with Crippen molar-refractivity contribution in [1.29, 1.82) is 0 Å². The van der Waals surface area contributed by atoms with Gasteiger partial charge in [-0.1, -0.05) is 0 Å². The number of carbonyl (C=O) groups is 1. The Labute approximate surface area is 231 Å². The Morgan fingerprint density at radius 2 is 1.84 bits per heavy atom. The highest BCUT2D eigenvalue weighted by molar-refractivity contribution is 9.10. The number of halogens is 1. The Hall–Kier alpha value is -2.33. The lowest BCUT2D eigenvalue weighted by molar-refractivity contribution is 0.0337. The molecule has 4 bridgehead atoms. The molecule has 0 aliphatic heterocycles. The number of aromatic nitrogens is 3. The molecule has 2 aromatic heterocycles. The van der Waals surface area contributed by atoms with Crippen molar-refractivity contribution in [2.24, 2.45) is 24.8 Å². The zero-order chi connectivity index (χ0) is 27.0. The zero-order valence-corrected chi connectivity index (χ0v) is 24.4. The van der Waals surface area contributed by atoms with Gasteiger partial charge in [0.25, 0.3) is 0 Å². The summed E-state index contributed by atoms with van der Waals surface area (Å²) in [7, 11) is -1.78. The largest absolute Gasteiger partial charge is 0.506 e. The molecule has 4 saturated carbocycles. The highest BCUT2D eigenvalue weighted by Gasteiger charge is 2.57. The summed E-state index contributed by atoms with van der Waals surface area (Å²) in [4.78, 5) is 17.8. The molecular formula is C28H34BrN3O5S. The van der Waals surface area contributed by atoms with E-state index in [0.717, 1.165) is 44.3 Å². The molecule has 4 aliphatic rings. The van der Waals surface area contributed by atoms with E-state index in [2.05, 4.69) is 20.9 Å². The van der Waals surface area contributed by atoms with Gasteiger partial charge in [-0.2, -0.15) is 0 Å². The van der Waals surface area contributed by atoms with Gasteiger partial charge in [0, 0.05) is 36.1 Å². The normalized spacial score (nSPS) is 26.4. The number of ether oxygens (including phenoxy) is 1. The number of hydrogen-bond donors (Lipinski definition) is 1. The van der Waals surface area contributed by atoms with Gasteiger partial charge in [-0.3, -0.25) is 0 Å². The Morgan fingerprint density at radius 1 is 1.21 bits per heavy atom. The minimum absolute atomic E-state index is 0.0113. The van der Waals surface area contributed by atoms with Gasteiger partial charge in [-0.05, 0) is 92.1 Å². The molecule has 1 aromatic carbocycles. The van der Waals surface area contributed by atoms with Crippen molar-refractivity contribution < 1.29 is 23.1 Å². The fourth-order valence-corrected chi connectivity index (χ4v) is 10.8. The van der Waals surface area contributed by atoms with E-state index >= 15 is 0 Å². The van der Waals surface area contributed by atoms with Gasteiger partial charge in [-0.25, -0.2) is 18.2 Å². The molecule has 3 aromatic rings. The molecule has 8 nitrogen and oxygen atoms in total. The van der Waals surface area contributed by atoms with Crippen LogP contribution in [0, 0.1) is 24.7 Å². The van der Waals surface area contributed by atoms with Crippen molar-refractivity contribution in [1.82, 2.24) is 14.1 Å². The molecule has 1 N–H and O–H groups in total. The van der Waals surface area contributed by atoms with Crippen molar-refractivity contribution in [3.63, 3.8) is 0 Å². The van der Waals surface area contributed by atoms with Crippen molar-refractivity contribution in [2.75, 3.05) is 6.61 Å². The first-order chi connectivity index (χ1) is 18.0. The van der Waals surface area contributed by atoms with Crippen LogP contribution in [0.4, 0.5) is 0 Å². The fraction of sp³-hybridized carbons (Fsp3) is 0.571. The molecule has 0 saturated heterocycles.